The molecular weight excluding hydrogens is 344 g/mol. The van der Waals surface area contributed by atoms with Crippen molar-refractivity contribution in [2.45, 2.75) is 53.4 Å². The van der Waals surface area contributed by atoms with Gasteiger partial charge in [0.1, 0.15) is 23.7 Å². The first kappa shape index (κ1) is 20.7. The maximum Gasteiger partial charge on any atom is 0.339 e. The van der Waals surface area contributed by atoms with Crippen LogP contribution in [0.2, 0.25) is 0 Å². The molecule has 0 spiro atoms. The number of pyridine rings is 1. The number of rotatable bonds is 9. The number of fused-ring (bicyclic) bond motifs is 1. The molecule has 0 saturated carbocycles. The van der Waals surface area contributed by atoms with E-state index in [2.05, 4.69) is 4.98 Å². The second-order valence-electron chi connectivity index (χ2n) is 7.36. The van der Waals surface area contributed by atoms with E-state index in [4.69, 9.17) is 10.5 Å². The normalized spacial score (nSPS) is 11.6. The lowest BCUT2D eigenvalue weighted by molar-refractivity contribution is -0.128. The number of ether oxygens (including phenoxy) is 1. The van der Waals surface area contributed by atoms with Gasteiger partial charge in [-0.25, -0.2) is 4.79 Å². The van der Waals surface area contributed by atoms with Gasteiger partial charge in [0, 0.05) is 6.42 Å². The summed E-state index contributed by atoms with van der Waals surface area (Å²) in [6.07, 6.45) is 2.81. The van der Waals surface area contributed by atoms with Gasteiger partial charge in [0.05, 0.1) is 27.7 Å². The van der Waals surface area contributed by atoms with Crippen molar-refractivity contribution in [1.82, 2.24) is 4.98 Å². The van der Waals surface area contributed by atoms with Crippen LogP contribution in [0.25, 0.3) is 10.9 Å². The Morgan fingerprint density at radius 3 is 2.56 bits per heavy atom. The number of carbonyl (C=O) groups excluding carboxylic acids is 1. The molecule has 0 aliphatic carbocycles. The zero-order valence-electron chi connectivity index (χ0n) is 16.5. The van der Waals surface area contributed by atoms with Gasteiger partial charge in [-0.05, 0) is 38.8 Å². The molecule has 27 heavy (non-hydrogen) atoms. The fourth-order valence-electron chi connectivity index (χ4n) is 2.99. The van der Waals surface area contributed by atoms with Crippen LogP contribution in [0.3, 0.4) is 0 Å². The molecule has 0 bridgehead atoms. The molecule has 0 fully saturated rings. The van der Waals surface area contributed by atoms with Gasteiger partial charge in [-0.1, -0.05) is 26.3 Å². The topological polar surface area (TPSA) is 103 Å². The van der Waals surface area contributed by atoms with E-state index in [1.54, 1.807) is 18.2 Å². The molecule has 6 nitrogen and oxygen atoms in total. The molecule has 0 aliphatic heterocycles. The van der Waals surface area contributed by atoms with Crippen LogP contribution in [-0.4, -0.2) is 28.4 Å². The minimum Gasteiger partial charge on any atom is -0.492 e. The number of carbonyl (C=O) groups is 2. The number of anilines is 1. The zero-order valence-corrected chi connectivity index (χ0v) is 16.5. The predicted molar refractivity (Wildman–Crippen MR) is 106 cm³/mol. The molecule has 0 aliphatic rings. The van der Waals surface area contributed by atoms with Gasteiger partial charge in [-0.2, -0.15) is 0 Å². The van der Waals surface area contributed by atoms with Crippen LogP contribution in [0.1, 0.15) is 63.0 Å². The number of Topliss-reactive ketones (excluding diaryl/α,β-unsaturated/α-hetero) is 1. The lowest BCUT2D eigenvalue weighted by Gasteiger charge is -2.24. The quantitative estimate of drug-likeness (QED) is 0.682. The van der Waals surface area contributed by atoms with Gasteiger partial charge in [-0.3, -0.25) is 9.78 Å². The SMILES string of the molecule is CCCCC(=O)C(C)(C)COc1cccc2nc(CC)c(C(=O)O)c(N)c12. The first-order chi connectivity index (χ1) is 12.7. The number of ketones is 1. The Kier molecular flexibility index (Phi) is 6.41. The Bertz CT molecular complexity index is 859. The van der Waals surface area contributed by atoms with Crippen LogP contribution in [0.5, 0.6) is 5.75 Å². The van der Waals surface area contributed by atoms with Crippen molar-refractivity contribution in [2.75, 3.05) is 12.3 Å². The maximum atomic E-state index is 12.4. The Morgan fingerprint density at radius 2 is 1.96 bits per heavy atom. The molecule has 0 saturated heterocycles. The van der Waals surface area contributed by atoms with Crippen LogP contribution < -0.4 is 10.5 Å². The Hall–Kier alpha value is -2.63. The first-order valence-electron chi connectivity index (χ1n) is 9.33. The minimum atomic E-state index is -1.11. The fraction of sp³-hybridized carbons (Fsp3) is 0.476. The Labute approximate surface area is 159 Å². The lowest BCUT2D eigenvalue weighted by atomic mass is 9.86. The van der Waals surface area contributed by atoms with E-state index in [0.29, 0.717) is 35.2 Å². The van der Waals surface area contributed by atoms with Crippen LogP contribution in [0, 0.1) is 5.41 Å². The average molecular weight is 372 g/mol. The number of carboxylic acid groups (broad SMARTS) is 1. The number of carboxylic acids is 1. The van der Waals surface area contributed by atoms with Crippen LogP contribution in [0.4, 0.5) is 5.69 Å². The number of hydrogen-bond acceptors (Lipinski definition) is 5. The summed E-state index contributed by atoms with van der Waals surface area (Å²) in [5, 5.41) is 10.0. The number of nitrogens with zero attached hydrogens (tertiary/aromatic N) is 1. The van der Waals surface area contributed by atoms with E-state index in [9.17, 15) is 14.7 Å². The summed E-state index contributed by atoms with van der Waals surface area (Å²) in [5.41, 5.74) is 6.74. The summed E-state index contributed by atoms with van der Waals surface area (Å²) < 4.78 is 5.94. The molecule has 2 rings (SSSR count). The molecule has 6 heteroatoms. The number of aryl methyl sites for hydroxylation is 1. The molecule has 0 amide bonds. The Balaban J connectivity index is 2.41. The van der Waals surface area contributed by atoms with E-state index in [0.717, 1.165) is 12.8 Å². The van der Waals surface area contributed by atoms with Crippen LogP contribution in [0.15, 0.2) is 18.2 Å². The third-order valence-corrected chi connectivity index (χ3v) is 4.74. The molecule has 1 aromatic carbocycles. The summed E-state index contributed by atoms with van der Waals surface area (Å²) in [5.74, 6) is -0.516. The van der Waals surface area contributed by atoms with E-state index < -0.39 is 11.4 Å². The summed E-state index contributed by atoms with van der Waals surface area (Å²) in [6.45, 7) is 7.79. The van der Waals surface area contributed by atoms with E-state index >= 15 is 0 Å². The maximum absolute atomic E-state index is 12.4. The van der Waals surface area contributed by atoms with Crippen molar-refractivity contribution in [3.8, 4) is 5.75 Å². The molecule has 1 aromatic heterocycles. The number of unbranched alkanes of at least 4 members (excludes halogenated alkanes) is 1. The predicted octanol–water partition coefficient (Wildman–Crippen LogP) is 4.24. The van der Waals surface area contributed by atoms with Gasteiger partial charge in [0.15, 0.2) is 0 Å². The van der Waals surface area contributed by atoms with Gasteiger partial charge in [0.25, 0.3) is 0 Å². The van der Waals surface area contributed by atoms with Crippen molar-refractivity contribution in [3.63, 3.8) is 0 Å². The van der Waals surface area contributed by atoms with Crippen molar-refractivity contribution < 1.29 is 19.4 Å². The Morgan fingerprint density at radius 1 is 1.26 bits per heavy atom. The second-order valence-corrected chi connectivity index (χ2v) is 7.36. The largest absolute Gasteiger partial charge is 0.492 e. The highest BCUT2D eigenvalue weighted by molar-refractivity contribution is 6.06. The lowest BCUT2D eigenvalue weighted by Crippen LogP contribution is -2.31. The van der Waals surface area contributed by atoms with E-state index in [1.807, 2.05) is 27.7 Å². The number of hydrogen-bond donors (Lipinski definition) is 2. The first-order valence-corrected chi connectivity index (χ1v) is 9.33. The third kappa shape index (κ3) is 4.38. The fourth-order valence-corrected chi connectivity index (χ4v) is 2.99. The smallest absolute Gasteiger partial charge is 0.339 e. The zero-order chi connectivity index (χ0) is 20.2. The highest BCUT2D eigenvalue weighted by Crippen LogP contribution is 2.35. The molecule has 2 aromatic rings. The molecule has 1 heterocycles. The highest BCUT2D eigenvalue weighted by atomic mass is 16.5. The number of benzene rings is 1. The summed E-state index contributed by atoms with van der Waals surface area (Å²) >= 11 is 0. The van der Waals surface area contributed by atoms with Crippen molar-refractivity contribution in [2.24, 2.45) is 5.41 Å². The molecular formula is C21H28N2O4. The number of aromatic carboxylic acids is 1. The highest BCUT2D eigenvalue weighted by Gasteiger charge is 2.28. The third-order valence-electron chi connectivity index (χ3n) is 4.74. The number of nitrogens with two attached hydrogens (primary N) is 1. The van der Waals surface area contributed by atoms with Crippen molar-refractivity contribution >= 4 is 28.3 Å². The standard InChI is InChI=1S/C21H28N2O4/c1-5-7-11-16(24)21(3,4)12-27-15-10-8-9-14-17(15)19(22)18(20(25)26)13(6-2)23-14/h8-10H,5-7,11-12H2,1-4H3,(H2,22,23)(H,25,26). The molecule has 0 atom stereocenters. The molecule has 0 unspecified atom stereocenters. The van der Waals surface area contributed by atoms with Gasteiger partial charge in [-0.15, -0.1) is 0 Å². The van der Waals surface area contributed by atoms with Crippen molar-refractivity contribution in [1.29, 1.82) is 0 Å². The molecule has 146 valence electrons. The monoisotopic (exact) mass is 372 g/mol. The average Bonchev–Trinajstić information content (AvgIpc) is 2.63. The van der Waals surface area contributed by atoms with Crippen molar-refractivity contribution in [3.05, 3.63) is 29.5 Å². The summed E-state index contributed by atoms with van der Waals surface area (Å²) in [4.78, 5) is 28.5. The van der Waals surface area contributed by atoms with E-state index in [1.165, 1.54) is 0 Å². The van der Waals surface area contributed by atoms with Crippen LogP contribution >= 0.6 is 0 Å². The number of nitrogen functional groups attached to an aromatic ring is 1. The van der Waals surface area contributed by atoms with Gasteiger partial charge in [0.2, 0.25) is 0 Å². The summed E-state index contributed by atoms with van der Waals surface area (Å²) in [7, 11) is 0. The van der Waals surface area contributed by atoms with Gasteiger partial charge < -0.3 is 15.6 Å². The second kappa shape index (κ2) is 8.37. The molecule has 3 N–H and O–H groups in total. The van der Waals surface area contributed by atoms with Crippen LogP contribution in [-0.2, 0) is 11.2 Å². The summed E-state index contributed by atoms with van der Waals surface area (Å²) in [6, 6.07) is 5.29. The van der Waals surface area contributed by atoms with E-state index in [-0.39, 0.29) is 23.6 Å². The van der Waals surface area contributed by atoms with Gasteiger partial charge >= 0.3 is 5.97 Å². The number of aromatic nitrogens is 1. The molecule has 0 radical (unpaired) electrons. The minimum absolute atomic E-state index is 0.0133.